The number of aryl methyl sites for hydroxylation is 1. The van der Waals surface area contributed by atoms with Crippen LogP contribution in [-0.4, -0.2) is 50.0 Å². The van der Waals surface area contributed by atoms with Gasteiger partial charge < -0.3 is 10.6 Å². The van der Waals surface area contributed by atoms with Crippen LogP contribution in [0.5, 0.6) is 0 Å². The van der Waals surface area contributed by atoms with Crippen LogP contribution in [0.3, 0.4) is 0 Å². The molecule has 0 amide bonds. The van der Waals surface area contributed by atoms with Crippen molar-refractivity contribution in [1.29, 1.82) is 0 Å². The number of hydrogen-bond donors (Lipinski definition) is 2. The van der Waals surface area contributed by atoms with Crippen molar-refractivity contribution >= 4 is 29.3 Å². The number of pyridine rings is 1. The highest BCUT2D eigenvalue weighted by Gasteiger charge is 2.31. The zero-order chi connectivity index (χ0) is 18.7. The fourth-order valence-electron chi connectivity index (χ4n) is 3.41. The standard InChI is InChI=1S/C19H24FN7.ClH/c1-2-8-27-11-14(10-25-27)15-9-16-17(23-7-6-22-16)18(26-15)24-13-19(20)4-3-5-21-12-19;/h6-7,9-11,21H,2-5,8,12-13H2,1H3,(H,24,26);1H. The maximum Gasteiger partial charge on any atom is 0.155 e. The third kappa shape index (κ3) is 4.39. The molecule has 4 heterocycles. The van der Waals surface area contributed by atoms with Gasteiger partial charge in [0.25, 0.3) is 0 Å². The van der Waals surface area contributed by atoms with Gasteiger partial charge in [-0.2, -0.15) is 5.10 Å². The molecule has 0 aromatic carbocycles. The van der Waals surface area contributed by atoms with Crippen molar-refractivity contribution in [1.82, 2.24) is 30.0 Å². The molecular weight excluding hydrogens is 381 g/mol. The van der Waals surface area contributed by atoms with Crippen LogP contribution in [0.1, 0.15) is 26.2 Å². The lowest BCUT2D eigenvalue weighted by atomic mass is 9.96. The molecule has 0 radical (unpaired) electrons. The monoisotopic (exact) mass is 405 g/mol. The predicted octanol–water partition coefficient (Wildman–Crippen LogP) is 3.22. The average Bonchev–Trinajstić information content (AvgIpc) is 3.16. The first kappa shape index (κ1) is 20.4. The summed E-state index contributed by atoms with van der Waals surface area (Å²) >= 11 is 0. The lowest BCUT2D eigenvalue weighted by Gasteiger charge is -2.30. The summed E-state index contributed by atoms with van der Waals surface area (Å²) in [6, 6.07) is 1.90. The van der Waals surface area contributed by atoms with Gasteiger partial charge in [0.05, 0.1) is 24.0 Å². The summed E-state index contributed by atoms with van der Waals surface area (Å²) in [7, 11) is 0. The van der Waals surface area contributed by atoms with Crippen molar-refractivity contribution < 1.29 is 4.39 Å². The Morgan fingerprint density at radius 3 is 2.96 bits per heavy atom. The molecule has 1 atom stereocenters. The number of aromatic nitrogens is 5. The van der Waals surface area contributed by atoms with E-state index in [9.17, 15) is 4.39 Å². The van der Waals surface area contributed by atoms with E-state index in [1.165, 1.54) is 0 Å². The Bertz CT molecular complexity index is 924. The molecule has 0 saturated carbocycles. The largest absolute Gasteiger partial charge is 0.365 e. The fraction of sp³-hybridized carbons (Fsp3) is 0.474. The molecule has 3 aromatic heterocycles. The summed E-state index contributed by atoms with van der Waals surface area (Å²) in [5.74, 6) is 0.557. The van der Waals surface area contributed by atoms with Crippen molar-refractivity contribution in [2.45, 2.75) is 38.4 Å². The van der Waals surface area contributed by atoms with E-state index < -0.39 is 5.67 Å². The number of fused-ring (bicyclic) bond motifs is 1. The lowest BCUT2D eigenvalue weighted by molar-refractivity contribution is 0.137. The van der Waals surface area contributed by atoms with Crippen molar-refractivity contribution in [2.24, 2.45) is 0 Å². The Kier molecular flexibility index (Phi) is 6.41. The number of nitrogens with zero attached hydrogens (tertiary/aromatic N) is 5. The molecule has 0 bridgehead atoms. The van der Waals surface area contributed by atoms with E-state index in [1.807, 2.05) is 16.9 Å². The van der Waals surface area contributed by atoms with Gasteiger partial charge in [-0.05, 0) is 31.9 Å². The number of halogens is 2. The Hall–Kier alpha value is -2.32. The van der Waals surface area contributed by atoms with Crippen LogP contribution < -0.4 is 10.6 Å². The third-order valence-electron chi connectivity index (χ3n) is 4.83. The van der Waals surface area contributed by atoms with Crippen LogP contribution in [-0.2, 0) is 6.54 Å². The number of rotatable bonds is 6. The molecule has 150 valence electrons. The fourth-order valence-corrected chi connectivity index (χ4v) is 3.41. The van der Waals surface area contributed by atoms with Gasteiger partial charge >= 0.3 is 0 Å². The summed E-state index contributed by atoms with van der Waals surface area (Å²) in [5, 5.41) is 10.7. The van der Waals surface area contributed by atoms with Crippen LogP contribution in [0.15, 0.2) is 30.9 Å². The molecule has 0 aliphatic carbocycles. The Balaban J connectivity index is 0.00000225. The Morgan fingerprint density at radius 2 is 2.18 bits per heavy atom. The molecule has 1 saturated heterocycles. The van der Waals surface area contributed by atoms with E-state index in [4.69, 9.17) is 4.98 Å². The van der Waals surface area contributed by atoms with Crippen molar-refractivity contribution in [2.75, 3.05) is 25.0 Å². The minimum absolute atomic E-state index is 0. The first-order valence-electron chi connectivity index (χ1n) is 9.45. The quantitative estimate of drug-likeness (QED) is 0.655. The highest BCUT2D eigenvalue weighted by Crippen LogP contribution is 2.27. The van der Waals surface area contributed by atoms with E-state index in [0.717, 1.165) is 42.7 Å². The van der Waals surface area contributed by atoms with E-state index in [2.05, 4.69) is 32.6 Å². The summed E-state index contributed by atoms with van der Waals surface area (Å²) < 4.78 is 16.9. The molecule has 9 heteroatoms. The molecule has 7 nitrogen and oxygen atoms in total. The summed E-state index contributed by atoms with van der Waals surface area (Å²) in [6.07, 6.45) is 9.44. The highest BCUT2D eigenvalue weighted by atomic mass is 35.5. The van der Waals surface area contributed by atoms with Crippen molar-refractivity contribution in [3.63, 3.8) is 0 Å². The van der Waals surface area contributed by atoms with E-state index in [1.54, 1.807) is 18.6 Å². The number of alkyl halides is 1. The normalized spacial score (nSPS) is 19.4. The smallest absolute Gasteiger partial charge is 0.155 e. The predicted molar refractivity (Wildman–Crippen MR) is 111 cm³/mol. The minimum atomic E-state index is -1.28. The molecule has 4 rings (SSSR count). The molecule has 1 fully saturated rings. The molecule has 28 heavy (non-hydrogen) atoms. The maximum absolute atomic E-state index is 15.0. The number of nitrogens with one attached hydrogen (secondary N) is 2. The zero-order valence-electron chi connectivity index (χ0n) is 15.9. The van der Waals surface area contributed by atoms with Gasteiger partial charge in [0.2, 0.25) is 0 Å². The van der Waals surface area contributed by atoms with Gasteiger partial charge in [0, 0.05) is 37.2 Å². The second-order valence-corrected chi connectivity index (χ2v) is 7.06. The van der Waals surface area contributed by atoms with Crippen molar-refractivity contribution in [3.05, 3.63) is 30.9 Å². The topological polar surface area (TPSA) is 80.5 Å². The molecule has 0 spiro atoms. The third-order valence-corrected chi connectivity index (χ3v) is 4.83. The second-order valence-electron chi connectivity index (χ2n) is 7.06. The van der Waals surface area contributed by atoms with Crippen LogP contribution in [0.2, 0.25) is 0 Å². The highest BCUT2D eigenvalue weighted by molar-refractivity contribution is 5.88. The molecule has 1 aliphatic rings. The molecule has 2 N–H and O–H groups in total. The van der Waals surface area contributed by atoms with Gasteiger partial charge in [-0.1, -0.05) is 6.92 Å². The van der Waals surface area contributed by atoms with Crippen LogP contribution in [0.4, 0.5) is 10.2 Å². The Morgan fingerprint density at radius 1 is 1.32 bits per heavy atom. The second kappa shape index (κ2) is 8.79. The Labute approximate surface area is 169 Å². The number of piperidine rings is 1. The van der Waals surface area contributed by atoms with Crippen LogP contribution in [0.25, 0.3) is 22.3 Å². The molecule has 3 aromatic rings. The first-order chi connectivity index (χ1) is 13.2. The van der Waals surface area contributed by atoms with Gasteiger partial charge in [0.15, 0.2) is 5.82 Å². The van der Waals surface area contributed by atoms with Gasteiger partial charge in [-0.25, -0.2) is 14.4 Å². The summed E-state index contributed by atoms with van der Waals surface area (Å²) in [6.45, 7) is 4.38. The lowest BCUT2D eigenvalue weighted by Crippen LogP contribution is -2.46. The van der Waals surface area contributed by atoms with Crippen LogP contribution >= 0.6 is 12.4 Å². The SMILES string of the molecule is CCCn1cc(-c2cc3nccnc3c(NCC3(F)CCCNC3)n2)cn1.Cl. The summed E-state index contributed by atoms with van der Waals surface area (Å²) in [5.41, 5.74) is 1.75. The molecule has 1 unspecified atom stereocenters. The van der Waals surface area contributed by atoms with Gasteiger partial charge in [0.1, 0.15) is 11.2 Å². The summed E-state index contributed by atoms with van der Waals surface area (Å²) in [4.78, 5) is 13.5. The van der Waals surface area contributed by atoms with Gasteiger partial charge in [-0.15, -0.1) is 12.4 Å². The number of hydrogen-bond acceptors (Lipinski definition) is 6. The molecule has 1 aliphatic heterocycles. The van der Waals surface area contributed by atoms with E-state index in [0.29, 0.717) is 24.3 Å². The maximum atomic E-state index is 15.0. The minimum Gasteiger partial charge on any atom is -0.365 e. The zero-order valence-corrected chi connectivity index (χ0v) is 16.7. The van der Waals surface area contributed by atoms with Gasteiger partial charge in [-0.3, -0.25) is 9.67 Å². The first-order valence-corrected chi connectivity index (χ1v) is 9.45. The number of anilines is 1. The van der Waals surface area contributed by atoms with E-state index >= 15 is 0 Å². The van der Waals surface area contributed by atoms with Crippen molar-refractivity contribution in [3.8, 4) is 11.3 Å². The molecular formula is C19H25ClFN7. The average molecular weight is 406 g/mol. The van der Waals surface area contributed by atoms with E-state index in [-0.39, 0.29) is 19.0 Å². The van der Waals surface area contributed by atoms with Crippen LogP contribution in [0, 0.1) is 0 Å².